The Kier molecular flexibility index (Phi) is 7.04. The molecule has 1 aliphatic heterocycles. The van der Waals surface area contributed by atoms with Crippen molar-refractivity contribution in [3.05, 3.63) is 103 Å². The first-order valence-corrected chi connectivity index (χ1v) is 11.9. The van der Waals surface area contributed by atoms with Crippen LogP contribution in [0, 0.1) is 6.92 Å². The van der Waals surface area contributed by atoms with E-state index in [9.17, 15) is 9.59 Å². The molecule has 1 aliphatic rings. The number of hydrogen-bond donors (Lipinski definition) is 0. The number of imide groups is 1. The third kappa shape index (κ3) is 5.44. The number of halogens is 2. The second-order valence-corrected chi connectivity index (χ2v) is 9.65. The minimum atomic E-state index is -0.277. The molecule has 0 atom stereocenters. The summed E-state index contributed by atoms with van der Waals surface area (Å²) >= 11 is 10.4. The van der Waals surface area contributed by atoms with Crippen LogP contribution in [0.4, 0.5) is 4.79 Å². The monoisotopic (exact) mass is 527 g/mol. The molecule has 1 saturated heterocycles. The zero-order chi connectivity index (χ0) is 22.7. The van der Waals surface area contributed by atoms with Gasteiger partial charge in [-0.15, -0.1) is 0 Å². The molecule has 0 unspecified atom stereocenters. The molecule has 1 fully saturated rings. The Balaban J connectivity index is 1.45. The van der Waals surface area contributed by atoms with E-state index < -0.39 is 0 Å². The van der Waals surface area contributed by atoms with Gasteiger partial charge in [-0.3, -0.25) is 14.5 Å². The van der Waals surface area contributed by atoms with Crippen molar-refractivity contribution in [2.75, 3.05) is 0 Å². The molecule has 0 N–H and O–H groups in total. The van der Waals surface area contributed by atoms with Crippen molar-refractivity contribution in [2.24, 2.45) is 0 Å². The maximum Gasteiger partial charge on any atom is 0.293 e. The minimum absolute atomic E-state index is 0.260. The van der Waals surface area contributed by atoms with Gasteiger partial charge in [0.05, 0.1) is 15.9 Å². The van der Waals surface area contributed by atoms with Crippen LogP contribution in [-0.4, -0.2) is 16.0 Å². The van der Waals surface area contributed by atoms with E-state index in [1.807, 2.05) is 73.7 Å². The van der Waals surface area contributed by atoms with Crippen molar-refractivity contribution in [1.29, 1.82) is 0 Å². The second-order valence-electron chi connectivity index (χ2n) is 7.36. The van der Waals surface area contributed by atoms with Gasteiger partial charge in [0.15, 0.2) is 0 Å². The molecule has 3 aromatic rings. The average Bonchev–Trinajstić information content (AvgIpc) is 3.02. The summed E-state index contributed by atoms with van der Waals surface area (Å²) in [4.78, 5) is 26.9. The molecule has 0 bridgehead atoms. The molecule has 0 aliphatic carbocycles. The first kappa shape index (κ1) is 22.6. The van der Waals surface area contributed by atoms with E-state index in [0.29, 0.717) is 22.3 Å². The Morgan fingerprint density at radius 3 is 2.53 bits per heavy atom. The molecule has 162 valence electrons. The number of rotatable bonds is 6. The van der Waals surface area contributed by atoms with Crippen LogP contribution in [0.15, 0.2) is 76.1 Å². The van der Waals surface area contributed by atoms with Gasteiger partial charge < -0.3 is 4.74 Å². The van der Waals surface area contributed by atoms with E-state index in [4.69, 9.17) is 16.3 Å². The molecule has 0 radical (unpaired) electrons. The number of aryl methyl sites for hydroxylation is 1. The Bertz CT molecular complexity index is 1210. The normalized spacial score (nSPS) is 15.0. The summed E-state index contributed by atoms with van der Waals surface area (Å²) in [6.45, 7) is 2.66. The maximum absolute atomic E-state index is 12.8. The fourth-order valence-electron chi connectivity index (χ4n) is 3.25. The first-order chi connectivity index (χ1) is 15.4. The van der Waals surface area contributed by atoms with Crippen LogP contribution in [0.3, 0.4) is 0 Å². The number of thioether (sulfide) groups is 1. The van der Waals surface area contributed by atoms with Gasteiger partial charge >= 0.3 is 0 Å². The fourth-order valence-corrected chi connectivity index (χ4v) is 4.72. The molecular formula is C25H19BrClNO3S. The average molecular weight is 529 g/mol. The molecule has 3 aromatic carbocycles. The molecule has 1 heterocycles. The van der Waals surface area contributed by atoms with Crippen molar-refractivity contribution < 1.29 is 14.3 Å². The summed E-state index contributed by atoms with van der Waals surface area (Å²) in [5.41, 5.74) is 3.83. The Morgan fingerprint density at radius 2 is 1.81 bits per heavy atom. The fraction of sp³-hybridized carbons (Fsp3) is 0.120. The van der Waals surface area contributed by atoms with Crippen LogP contribution in [-0.2, 0) is 17.9 Å². The smallest absolute Gasteiger partial charge is 0.293 e. The van der Waals surface area contributed by atoms with E-state index in [0.717, 1.165) is 38.5 Å². The van der Waals surface area contributed by atoms with Crippen LogP contribution in [0.25, 0.3) is 6.08 Å². The lowest BCUT2D eigenvalue weighted by Crippen LogP contribution is -2.27. The first-order valence-electron chi connectivity index (χ1n) is 9.87. The van der Waals surface area contributed by atoms with E-state index in [-0.39, 0.29) is 17.7 Å². The predicted octanol–water partition coefficient (Wildman–Crippen LogP) is 7.23. The second kappa shape index (κ2) is 9.94. The summed E-state index contributed by atoms with van der Waals surface area (Å²) in [6.07, 6.45) is 1.73. The largest absolute Gasteiger partial charge is 0.488 e. The molecule has 4 nitrogen and oxygen atoms in total. The summed E-state index contributed by atoms with van der Waals surface area (Å²) < 4.78 is 6.64. The molecule has 0 aromatic heterocycles. The van der Waals surface area contributed by atoms with Crippen LogP contribution in [0.5, 0.6) is 5.75 Å². The molecule has 2 amide bonds. The van der Waals surface area contributed by atoms with Crippen LogP contribution >= 0.6 is 39.3 Å². The Hall–Kier alpha value is -2.54. The number of carbonyl (C=O) groups excluding carboxylic acids is 2. The van der Waals surface area contributed by atoms with E-state index >= 15 is 0 Å². The number of benzene rings is 3. The summed E-state index contributed by atoms with van der Waals surface area (Å²) in [6, 6.07) is 20.8. The topological polar surface area (TPSA) is 46.6 Å². The van der Waals surface area contributed by atoms with E-state index in [2.05, 4.69) is 15.9 Å². The highest BCUT2D eigenvalue weighted by atomic mass is 79.9. The van der Waals surface area contributed by atoms with Crippen LogP contribution < -0.4 is 4.74 Å². The van der Waals surface area contributed by atoms with Gasteiger partial charge in [-0.1, -0.05) is 59.6 Å². The number of nitrogens with zero attached hydrogens (tertiary/aromatic N) is 1. The van der Waals surface area contributed by atoms with Gasteiger partial charge in [0, 0.05) is 5.02 Å². The molecule has 4 rings (SSSR count). The third-order valence-electron chi connectivity index (χ3n) is 4.86. The van der Waals surface area contributed by atoms with Gasteiger partial charge in [-0.2, -0.15) is 0 Å². The number of ether oxygens (including phenoxy) is 1. The Morgan fingerprint density at radius 1 is 1.03 bits per heavy atom. The lowest BCUT2D eigenvalue weighted by Gasteiger charge is -2.12. The van der Waals surface area contributed by atoms with Gasteiger partial charge in [0.2, 0.25) is 0 Å². The van der Waals surface area contributed by atoms with E-state index in [1.54, 1.807) is 6.08 Å². The SMILES string of the molecule is Cc1cccc(CN2C(=O)S/C(=C\c3ccc(OCc4ccc(Cl)cc4)c(Br)c3)C2=O)c1. The zero-order valence-electron chi connectivity index (χ0n) is 17.2. The van der Waals surface area contributed by atoms with Crippen molar-refractivity contribution in [2.45, 2.75) is 20.1 Å². The molecule has 7 heteroatoms. The van der Waals surface area contributed by atoms with Gasteiger partial charge in [-0.05, 0) is 81.6 Å². The lowest BCUT2D eigenvalue weighted by molar-refractivity contribution is -0.123. The number of amides is 2. The molecular weight excluding hydrogens is 510 g/mol. The van der Waals surface area contributed by atoms with Crippen molar-refractivity contribution >= 4 is 56.5 Å². The number of hydrogen-bond acceptors (Lipinski definition) is 4. The third-order valence-corrected chi connectivity index (χ3v) is 6.64. The van der Waals surface area contributed by atoms with Crippen LogP contribution in [0.2, 0.25) is 5.02 Å². The van der Waals surface area contributed by atoms with E-state index in [1.165, 1.54) is 4.90 Å². The van der Waals surface area contributed by atoms with Gasteiger partial charge in [0.25, 0.3) is 11.1 Å². The lowest BCUT2D eigenvalue weighted by atomic mass is 10.1. The molecule has 32 heavy (non-hydrogen) atoms. The van der Waals surface area contributed by atoms with Crippen molar-refractivity contribution in [1.82, 2.24) is 4.90 Å². The summed E-state index contributed by atoms with van der Waals surface area (Å²) in [5, 5.41) is 0.423. The zero-order valence-corrected chi connectivity index (χ0v) is 20.3. The maximum atomic E-state index is 12.8. The minimum Gasteiger partial charge on any atom is -0.488 e. The van der Waals surface area contributed by atoms with Crippen LogP contribution in [0.1, 0.15) is 22.3 Å². The predicted molar refractivity (Wildman–Crippen MR) is 133 cm³/mol. The number of carbonyl (C=O) groups is 2. The quantitative estimate of drug-likeness (QED) is 0.317. The van der Waals surface area contributed by atoms with Gasteiger partial charge in [0.1, 0.15) is 12.4 Å². The molecule has 0 spiro atoms. The standard InChI is InChI=1S/C25H19BrClNO3S/c1-16-3-2-4-19(11-16)14-28-24(29)23(32-25(28)30)13-18-7-10-22(21(26)12-18)31-15-17-5-8-20(27)9-6-17/h2-13H,14-15H2,1H3/b23-13-. The summed E-state index contributed by atoms with van der Waals surface area (Å²) in [5.74, 6) is 0.408. The van der Waals surface area contributed by atoms with Crippen molar-refractivity contribution in [3.63, 3.8) is 0 Å². The van der Waals surface area contributed by atoms with Crippen molar-refractivity contribution in [3.8, 4) is 5.75 Å². The van der Waals surface area contributed by atoms with Gasteiger partial charge in [-0.25, -0.2) is 0 Å². The summed E-state index contributed by atoms with van der Waals surface area (Å²) in [7, 11) is 0. The Labute approximate surface area is 204 Å². The highest BCUT2D eigenvalue weighted by Gasteiger charge is 2.35. The molecule has 0 saturated carbocycles. The highest BCUT2D eigenvalue weighted by Crippen LogP contribution is 2.35. The highest BCUT2D eigenvalue weighted by molar-refractivity contribution is 9.10.